The summed E-state index contributed by atoms with van der Waals surface area (Å²) in [6, 6.07) is 59.8. The Morgan fingerprint density at radius 3 is 1.60 bits per heavy atom. The highest BCUT2D eigenvalue weighted by atomic mass is 32.1. The number of fused-ring (bicyclic) bond motifs is 6. The summed E-state index contributed by atoms with van der Waals surface area (Å²) in [5.74, 6) is 1.94. The fourth-order valence-electron chi connectivity index (χ4n) is 7.04. The first-order valence-corrected chi connectivity index (χ1v) is 17.5. The Labute approximate surface area is 292 Å². The van der Waals surface area contributed by atoms with Gasteiger partial charge in [0.15, 0.2) is 17.5 Å². The molecule has 0 atom stereocenters. The van der Waals surface area contributed by atoms with Crippen molar-refractivity contribution in [3.05, 3.63) is 170 Å². The topological polar surface area (TPSA) is 43.6 Å². The van der Waals surface area contributed by atoms with Crippen molar-refractivity contribution in [3.8, 4) is 51.0 Å². The molecule has 0 saturated heterocycles. The fourth-order valence-corrected chi connectivity index (χ4v) is 8.18. The minimum Gasteiger partial charge on any atom is -0.309 e. The first-order chi connectivity index (χ1) is 24.8. The van der Waals surface area contributed by atoms with Crippen LogP contribution in [0.1, 0.15) is 0 Å². The minimum atomic E-state index is 0.641. The molecule has 0 N–H and O–H groups in total. The number of thiophene rings is 1. The monoisotopic (exact) mass is 656 g/mol. The molecule has 4 nitrogen and oxygen atoms in total. The zero-order chi connectivity index (χ0) is 33.0. The van der Waals surface area contributed by atoms with Crippen LogP contribution in [-0.4, -0.2) is 19.5 Å². The van der Waals surface area contributed by atoms with Gasteiger partial charge in [0.2, 0.25) is 0 Å². The van der Waals surface area contributed by atoms with E-state index in [-0.39, 0.29) is 0 Å². The van der Waals surface area contributed by atoms with Gasteiger partial charge in [-0.1, -0.05) is 127 Å². The molecule has 0 amide bonds. The molecule has 0 unspecified atom stereocenters. The number of nitrogens with zero attached hydrogens (tertiary/aromatic N) is 4. The average molecular weight is 657 g/mol. The molecule has 7 aromatic carbocycles. The summed E-state index contributed by atoms with van der Waals surface area (Å²) in [5, 5.41) is 5.02. The summed E-state index contributed by atoms with van der Waals surface area (Å²) in [4.78, 5) is 15.0. The van der Waals surface area contributed by atoms with Crippen LogP contribution in [0.3, 0.4) is 0 Å². The van der Waals surface area contributed by atoms with E-state index in [2.05, 4.69) is 114 Å². The van der Waals surface area contributed by atoms with Gasteiger partial charge < -0.3 is 4.57 Å². The third kappa shape index (κ3) is 4.79. The van der Waals surface area contributed by atoms with Crippen LogP contribution in [0.5, 0.6) is 0 Å². The zero-order valence-corrected chi connectivity index (χ0v) is 27.7. The molecule has 0 fully saturated rings. The van der Waals surface area contributed by atoms with Gasteiger partial charge in [0.1, 0.15) is 0 Å². The van der Waals surface area contributed by atoms with Crippen LogP contribution < -0.4 is 0 Å². The van der Waals surface area contributed by atoms with Gasteiger partial charge in [0.05, 0.1) is 11.0 Å². The molecule has 234 valence electrons. The number of hydrogen-bond donors (Lipinski definition) is 0. The van der Waals surface area contributed by atoms with Crippen molar-refractivity contribution >= 4 is 53.3 Å². The maximum atomic E-state index is 5.03. The van der Waals surface area contributed by atoms with E-state index >= 15 is 0 Å². The first kappa shape index (κ1) is 28.6. The Morgan fingerprint density at radius 1 is 0.340 bits per heavy atom. The Kier molecular flexibility index (Phi) is 6.64. The van der Waals surface area contributed by atoms with Gasteiger partial charge in [-0.25, -0.2) is 15.0 Å². The van der Waals surface area contributed by atoms with Gasteiger partial charge >= 0.3 is 0 Å². The predicted octanol–water partition coefficient (Wildman–Crippen LogP) is 12.0. The maximum absolute atomic E-state index is 5.03. The third-order valence-corrected chi connectivity index (χ3v) is 10.6. The highest BCUT2D eigenvalue weighted by Crippen LogP contribution is 2.39. The summed E-state index contributed by atoms with van der Waals surface area (Å²) in [7, 11) is 0. The summed E-state index contributed by atoms with van der Waals surface area (Å²) >= 11 is 1.86. The molecule has 0 spiro atoms. The molecule has 0 saturated carbocycles. The Hall–Kier alpha value is -6.43. The molecule has 0 aliphatic heterocycles. The maximum Gasteiger partial charge on any atom is 0.164 e. The summed E-state index contributed by atoms with van der Waals surface area (Å²) in [6.45, 7) is 0. The zero-order valence-electron chi connectivity index (χ0n) is 26.9. The second-order valence-corrected chi connectivity index (χ2v) is 13.6. The normalized spacial score (nSPS) is 11.6. The van der Waals surface area contributed by atoms with Crippen molar-refractivity contribution in [3.63, 3.8) is 0 Å². The number of hydrogen-bond acceptors (Lipinski definition) is 4. The number of aromatic nitrogens is 4. The van der Waals surface area contributed by atoms with Gasteiger partial charge in [-0.3, -0.25) is 0 Å². The van der Waals surface area contributed by atoms with Crippen molar-refractivity contribution in [2.45, 2.75) is 0 Å². The van der Waals surface area contributed by atoms with E-state index in [1.807, 2.05) is 72.0 Å². The quantitative estimate of drug-likeness (QED) is 0.185. The van der Waals surface area contributed by atoms with Gasteiger partial charge in [-0.05, 0) is 53.6 Å². The second-order valence-electron chi connectivity index (χ2n) is 12.5. The molecule has 0 radical (unpaired) electrons. The molecule has 50 heavy (non-hydrogen) atoms. The van der Waals surface area contributed by atoms with Gasteiger partial charge in [0.25, 0.3) is 0 Å². The molecule has 3 heterocycles. The lowest BCUT2D eigenvalue weighted by Crippen LogP contribution is -2.00. The summed E-state index contributed by atoms with van der Waals surface area (Å²) in [5.41, 5.74) is 8.62. The molecule has 0 aliphatic rings. The molecule has 10 aromatic rings. The SMILES string of the molecule is c1ccc(-c2nc(-c3ccccc3)nc(-c3ccc4c5cc(-c6ccc7c(c6)sc6ccccc67)ccc5n(-c5ccccc5)c4c3)n2)cc1. The summed E-state index contributed by atoms with van der Waals surface area (Å²) < 4.78 is 4.98. The predicted molar refractivity (Wildman–Crippen MR) is 209 cm³/mol. The standard InChI is InChI=1S/C45H28N4S/c1-4-12-29(13-5-1)43-46-44(30-14-6-2-7-15-30)48-45(47-43)33-21-23-35-38-26-31(22-25-39(38)49(40(35)27-33)34-16-8-3-9-17-34)32-20-24-37-36-18-10-11-19-41(36)50-42(37)28-32/h1-28H. The van der Waals surface area contributed by atoms with E-state index in [4.69, 9.17) is 15.0 Å². The van der Waals surface area contributed by atoms with Crippen LogP contribution in [0, 0.1) is 0 Å². The number of rotatable bonds is 5. The van der Waals surface area contributed by atoms with Crippen LogP contribution in [0.15, 0.2) is 170 Å². The van der Waals surface area contributed by atoms with Gasteiger partial charge in [0, 0.05) is 53.3 Å². The lowest BCUT2D eigenvalue weighted by Gasteiger charge is -2.10. The molecule has 3 aromatic heterocycles. The van der Waals surface area contributed by atoms with Crippen LogP contribution in [0.4, 0.5) is 0 Å². The smallest absolute Gasteiger partial charge is 0.164 e. The van der Waals surface area contributed by atoms with E-state index in [1.54, 1.807) is 0 Å². The van der Waals surface area contributed by atoms with Crippen molar-refractivity contribution in [1.29, 1.82) is 0 Å². The van der Waals surface area contributed by atoms with Crippen molar-refractivity contribution < 1.29 is 0 Å². The van der Waals surface area contributed by atoms with Crippen LogP contribution in [0.2, 0.25) is 0 Å². The van der Waals surface area contributed by atoms with Crippen molar-refractivity contribution in [2.24, 2.45) is 0 Å². The first-order valence-electron chi connectivity index (χ1n) is 16.7. The molecule has 10 rings (SSSR count). The minimum absolute atomic E-state index is 0.641. The van der Waals surface area contributed by atoms with Crippen molar-refractivity contribution in [1.82, 2.24) is 19.5 Å². The second kappa shape index (κ2) is 11.6. The molecular weight excluding hydrogens is 629 g/mol. The Bertz CT molecular complexity index is 2800. The highest BCUT2D eigenvalue weighted by molar-refractivity contribution is 7.25. The van der Waals surface area contributed by atoms with E-state index in [0.717, 1.165) is 33.4 Å². The van der Waals surface area contributed by atoms with E-state index in [1.165, 1.54) is 42.1 Å². The highest BCUT2D eigenvalue weighted by Gasteiger charge is 2.18. The third-order valence-electron chi connectivity index (χ3n) is 9.45. The van der Waals surface area contributed by atoms with Crippen LogP contribution in [0.25, 0.3) is 93.0 Å². The lowest BCUT2D eigenvalue weighted by molar-refractivity contribution is 1.07. The van der Waals surface area contributed by atoms with Crippen LogP contribution >= 0.6 is 11.3 Å². The lowest BCUT2D eigenvalue weighted by atomic mass is 10.0. The Balaban J connectivity index is 1.17. The Morgan fingerprint density at radius 2 is 0.880 bits per heavy atom. The molecular formula is C45H28N4S. The molecule has 0 aliphatic carbocycles. The molecule has 5 heteroatoms. The van der Waals surface area contributed by atoms with Gasteiger partial charge in [-0.15, -0.1) is 11.3 Å². The molecule has 0 bridgehead atoms. The fraction of sp³-hybridized carbons (Fsp3) is 0. The van der Waals surface area contributed by atoms with Gasteiger partial charge in [-0.2, -0.15) is 0 Å². The number of benzene rings is 7. The van der Waals surface area contributed by atoms with E-state index < -0.39 is 0 Å². The average Bonchev–Trinajstić information content (AvgIpc) is 3.73. The van der Waals surface area contributed by atoms with Crippen molar-refractivity contribution in [2.75, 3.05) is 0 Å². The number of para-hydroxylation sites is 1. The summed E-state index contributed by atoms with van der Waals surface area (Å²) in [6.07, 6.45) is 0. The van der Waals surface area contributed by atoms with Crippen LogP contribution in [-0.2, 0) is 0 Å². The largest absolute Gasteiger partial charge is 0.309 e. The van der Waals surface area contributed by atoms with E-state index in [0.29, 0.717) is 17.5 Å². The van der Waals surface area contributed by atoms with E-state index in [9.17, 15) is 0 Å².